The third-order valence-electron chi connectivity index (χ3n) is 3.34. The highest BCUT2D eigenvalue weighted by Crippen LogP contribution is 2.48. The minimum Gasteiger partial charge on any atom is -0.480 e. The van der Waals surface area contributed by atoms with Crippen LogP contribution in [-0.4, -0.2) is 57.7 Å². The van der Waals surface area contributed by atoms with Gasteiger partial charge in [0.15, 0.2) is 21.3 Å². The van der Waals surface area contributed by atoms with Crippen LogP contribution in [0.25, 0.3) is 0 Å². The van der Waals surface area contributed by atoms with Crippen LogP contribution in [-0.2, 0) is 19.4 Å². The SMILES string of the molecule is C[C@]1(CCl)[C@H](C(=O)O)N2C(=O)[C@H](Cl)[C@H]2S1(=O)=O. The van der Waals surface area contributed by atoms with Crippen molar-refractivity contribution in [1.82, 2.24) is 4.90 Å². The average Bonchev–Trinajstić information content (AvgIpc) is 2.42. The molecule has 9 heteroatoms. The summed E-state index contributed by atoms with van der Waals surface area (Å²) in [6.07, 6.45) is 0. The molecule has 0 saturated carbocycles. The molecule has 1 N–H and O–H groups in total. The number of aliphatic carboxylic acids is 1. The molecule has 2 fully saturated rings. The fourth-order valence-corrected chi connectivity index (χ4v) is 5.71. The molecular formula is C8H9Cl2NO5S. The Labute approximate surface area is 107 Å². The zero-order chi connectivity index (χ0) is 13.2. The van der Waals surface area contributed by atoms with Gasteiger partial charge in [0.1, 0.15) is 10.1 Å². The molecule has 0 aromatic carbocycles. The van der Waals surface area contributed by atoms with Crippen LogP contribution < -0.4 is 0 Å². The minimum atomic E-state index is -3.89. The summed E-state index contributed by atoms with van der Waals surface area (Å²) in [5, 5.41) is 6.59. The van der Waals surface area contributed by atoms with E-state index in [1.54, 1.807) is 0 Å². The molecule has 0 spiro atoms. The highest BCUT2D eigenvalue weighted by molar-refractivity contribution is 7.94. The number of halogens is 2. The Hall–Kier alpha value is -0.530. The van der Waals surface area contributed by atoms with Crippen LogP contribution in [0.1, 0.15) is 6.92 Å². The summed E-state index contributed by atoms with van der Waals surface area (Å²) in [5.41, 5.74) is 0. The molecular weight excluding hydrogens is 293 g/mol. The molecule has 2 rings (SSSR count). The first-order chi connectivity index (χ1) is 7.70. The second-order valence-electron chi connectivity index (χ2n) is 4.27. The fraction of sp³-hybridized carbons (Fsp3) is 0.750. The first kappa shape index (κ1) is 12.9. The van der Waals surface area contributed by atoms with Gasteiger partial charge in [0.25, 0.3) is 0 Å². The Morgan fingerprint density at radius 2 is 2.12 bits per heavy atom. The van der Waals surface area contributed by atoms with Gasteiger partial charge in [0.05, 0.1) is 0 Å². The summed E-state index contributed by atoms with van der Waals surface area (Å²) in [7, 11) is -3.89. The second-order valence-corrected chi connectivity index (χ2v) is 7.51. The molecule has 6 nitrogen and oxygen atoms in total. The maximum Gasteiger partial charge on any atom is 0.328 e. The lowest BCUT2D eigenvalue weighted by atomic mass is 9.98. The van der Waals surface area contributed by atoms with Crippen molar-refractivity contribution in [1.29, 1.82) is 0 Å². The molecule has 0 unspecified atom stereocenters. The molecule has 2 aliphatic rings. The zero-order valence-corrected chi connectivity index (χ0v) is 11.0. The van der Waals surface area contributed by atoms with Crippen LogP contribution in [0.15, 0.2) is 0 Å². The molecule has 0 aromatic heterocycles. The zero-order valence-electron chi connectivity index (χ0n) is 8.63. The van der Waals surface area contributed by atoms with E-state index in [4.69, 9.17) is 28.3 Å². The van der Waals surface area contributed by atoms with Gasteiger partial charge in [-0.1, -0.05) is 0 Å². The van der Waals surface area contributed by atoms with E-state index < -0.39 is 49.1 Å². The van der Waals surface area contributed by atoms with E-state index in [0.29, 0.717) is 0 Å². The quantitative estimate of drug-likeness (QED) is 0.555. The van der Waals surface area contributed by atoms with E-state index in [9.17, 15) is 18.0 Å². The lowest BCUT2D eigenvalue weighted by Crippen LogP contribution is -2.64. The molecule has 0 bridgehead atoms. The van der Waals surface area contributed by atoms with Crippen molar-refractivity contribution in [2.45, 2.75) is 28.5 Å². The first-order valence-electron chi connectivity index (χ1n) is 4.68. The fourth-order valence-electron chi connectivity index (χ4n) is 2.28. The Bertz CT molecular complexity index is 506. The van der Waals surface area contributed by atoms with Crippen molar-refractivity contribution >= 4 is 44.9 Å². The van der Waals surface area contributed by atoms with E-state index in [1.807, 2.05) is 0 Å². The van der Waals surface area contributed by atoms with Crippen LogP contribution in [0.2, 0.25) is 0 Å². The number of sulfone groups is 1. The number of fused-ring (bicyclic) bond motifs is 1. The van der Waals surface area contributed by atoms with Crippen molar-refractivity contribution in [2.75, 3.05) is 5.88 Å². The largest absolute Gasteiger partial charge is 0.480 e. The van der Waals surface area contributed by atoms with E-state index >= 15 is 0 Å². The average molecular weight is 302 g/mol. The molecule has 0 aromatic rings. The Balaban J connectivity index is 2.62. The van der Waals surface area contributed by atoms with Gasteiger partial charge in [-0.3, -0.25) is 4.79 Å². The second kappa shape index (κ2) is 3.49. The standard InChI is InChI=1S/C8H9Cl2NO5S/c1-8(2-9)4(7(13)14)11-5(12)3(10)6(11)17(8,15)16/h3-4,6H,2H2,1H3,(H,13,14)/t3-,4-,6+,8-/m0/s1. The molecule has 1 amide bonds. The maximum absolute atomic E-state index is 12.2. The summed E-state index contributed by atoms with van der Waals surface area (Å²) in [4.78, 5) is 23.4. The third-order valence-corrected chi connectivity index (χ3v) is 7.43. The molecule has 0 radical (unpaired) electrons. The van der Waals surface area contributed by atoms with Crippen molar-refractivity contribution < 1.29 is 23.1 Å². The number of β-lactam (4-membered cyclic amide) rings is 1. The topological polar surface area (TPSA) is 91.8 Å². The summed E-state index contributed by atoms with van der Waals surface area (Å²) < 4.78 is 22.6. The number of nitrogens with zero attached hydrogens (tertiary/aromatic N) is 1. The Morgan fingerprint density at radius 1 is 1.59 bits per heavy atom. The van der Waals surface area contributed by atoms with Gasteiger partial charge >= 0.3 is 5.97 Å². The van der Waals surface area contributed by atoms with Gasteiger partial charge in [-0.05, 0) is 6.92 Å². The van der Waals surface area contributed by atoms with Gasteiger partial charge < -0.3 is 10.0 Å². The highest BCUT2D eigenvalue weighted by Gasteiger charge is 2.73. The van der Waals surface area contributed by atoms with E-state index in [1.165, 1.54) is 6.92 Å². The Morgan fingerprint density at radius 3 is 2.53 bits per heavy atom. The molecule has 0 aliphatic carbocycles. The monoisotopic (exact) mass is 301 g/mol. The summed E-state index contributed by atoms with van der Waals surface area (Å²) >= 11 is 11.2. The molecule has 2 heterocycles. The number of alkyl halides is 2. The van der Waals surface area contributed by atoms with E-state index in [-0.39, 0.29) is 0 Å². The van der Waals surface area contributed by atoms with Crippen molar-refractivity contribution in [2.24, 2.45) is 0 Å². The third kappa shape index (κ3) is 1.25. The molecule has 17 heavy (non-hydrogen) atoms. The smallest absolute Gasteiger partial charge is 0.328 e. The van der Waals surface area contributed by atoms with Crippen molar-refractivity contribution in [3.05, 3.63) is 0 Å². The number of amides is 1. The van der Waals surface area contributed by atoms with Gasteiger partial charge in [0.2, 0.25) is 5.91 Å². The predicted molar refractivity (Wildman–Crippen MR) is 59.7 cm³/mol. The lowest BCUT2D eigenvalue weighted by Gasteiger charge is -2.39. The van der Waals surface area contributed by atoms with Crippen LogP contribution in [0.5, 0.6) is 0 Å². The number of carboxylic acids is 1. The number of hydrogen-bond acceptors (Lipinski definition) is 4. The molecule has 96 valence electrons. The minimum absolute atomic E-state index is 0.407. The number of rotatable bonds is 2. The normalized spacial score (nSPS) is 43.1. The molecule has 2 aliphatic heterocycles. The van der Waals surface area contributed by atoms with Gasteiger partial charge in [-0.25, -0.2) is 13.2 Å². The van der Waals surface area contributed by atoms with E-state index in [0.717, 1.165) is 4.90 Å². The summed E-state index contributed by atoms with van der Waals surface area (Å²) in [6, 6.07) is -1.47. The van der Waals surface area contributed by atoms with Crippen LogP contribution >= 0.6 is 23.2 Å². The van der Waals surface area contributed by atoms with Crippen LogP contribution in [0.3, 0.4) is 0 Å². The van der Waals surface area contributed by atoms with Crippen LogP contribution in [0.4, 0.5) is 0 Å². The molecule has 2 saturated heterocycles. The number of hydrogen-bond donors (Lipinski definition) is 1. The van der Waals surface area contributed by atoms with Crippen molar-refractivity contribution in [3.63, 3.8) is 0 Å². The maximum atomic E-state index is 12.2. The van der Waals surface area contributed by atoms with Crippen LogP contribution in [0, 0.1) is 0 Å². The van der Waals surface area contributed by atoms with Gasteiger partial charge in [-0.15, -0.1) is 23.2 Å². The lowest BCUT2D eigenvalue weighted by molar-refractivity contribution is -0.156. The van der Waals surface area contributed by atoms with Gasteiger partial charge in [0, 0.05) is 5.88 Å². The van der Waals surface area contributed by atoms with Gasteiger partial charge in [-0.2, -0.15) is 0 Å². The summed E-state index contributed by atoms with van der Waals surface area (Å²) in [5.74, 6) is -2.48. The predicted octanol–water partition coefficient (Wildman–Crippen LogP) is -0.359. The number of carbonyl (C=O) groups is 2. The first-order valence-corrected chi connectivity index (χ1v) is 7.20. The Kier molecular flexibility index (Phi) is 2.65. The summed E-state index contributed by atoms with van der Waals surface area (Å²) in [6.45, 7) is 1.23. The van der Waals surface area contributed by atoms with E-state index in [2.05, 4.69) is 0 Å². The van der Waals surface area contributed by atoms with Crippen molar-refractivity contribution in [3.8, 4) is 0 Å². The number of carboxylic acid groups (broad SMARTS) is 1. The highest BCUT2D eigenvalue weighted by atomic mass is 35.5. The number of carbonyl (C=O) groups excluding carboxylic acids is 1. The molecule has 4 atom stereocenters.